The van der Waals surface area contributed by atoms with Gasteiger partial charge in [0.15, 0.2) is 0 Å². The molecule has 0 fully saturated rings. The van der Waals surface area contributed by atoms with Gasteiger partial charge in [0.25, 0.3) is 5.91 Å². The molecule has 3 nitrogen and oxygen atoms in total. The van der Waals surface area contributed by atoms with Crippen LogP contribution in [-0.4, -0.2) is 13.0 Å². The number of nitrogens with zero attached hydrogens (tertiary/aromatic N) is 1. The largest absolute Gasteiger partial charge is 0.326 e. The van der Waals surface area contributed by atoms with Crippen molar-refractivity contribution in [1.29, 1.82) is 0 Å². The van der Waals surface area contributed by atoms with E-state index >= 15 is 0 Å². The van der Waals surface area contributed by atoms with Crippen LogP contribution in [0, 0.1) is 13.8 Å². The minimum Gasteiger partial charge on any atom is -0.326 e. The zero-order chi connectivity index (χ0) is 14.7. The fourth-order valence-corrected chi connectivity index (χ4v) is 2.28. The molecule has 0 unspecified atom stereocenters. The molecular weight excluding hydrogens is 248 g/mol. The molecule has 0 aliphatic heterocycles. The van der Waals surface area contributed by atoms with E-state index < -0.39 is 0 Å². The van der Waals surface area contributed by atoms with E-state index in [1.165, 1.54) is 0 Å². The molecule has 2 rings (SSSR count). The molecule has 0 radical (unpaired) electrons. The molecule has 20 heavy (non-hydrogen) atoms. The predicted octanol–water partition coefficient (Wildman–Crippen LogP) is 3.04. The van der Waals surface area contributed by atoms with E-state index in [2.05, 4.69) is 0 Å². The number of aryl methyl sites for hydroxylation is 1. The van der Waals surface area contributed by atoms with Gasteiger partial charge in [-0.3, -0.25) is 4.79 Å². The standard InChI is InChI=1S/C17H20N2O/c1-12-7-6-9-15(13(12)2)17(20)19(3)16-10-5-4-8-14(16)11-18/h4-10H,11,18H2,1-3H3. The Morgan fingerprint density at radius 3 is 2.50 bits per heavy atom. The molecule has 0 aliphatic rings. The molecule has 0 bridgehead atoms. The number of hydrogen-bond donors (Lipinski definition) is 1. The molecule has 2 N–H and O–H groups in total. The number of hydrogen-bond acceptors (Lipinski definition) is 2. The van der Waals surface area contributed by atoms with Gasteiger partial charge in [-0.15, -0.1) is 0 Å². The maximum Gasteiger partial charge on any atom is 0.258 e. The lowest BCUT2D eigenvalue weighted by Gasteiger charge is -2.21. The fourth-order valence-electron chi connectivity index (χ4n) is 2.28. The Hall–Kier alpha value is -2.13. The Bertz CT molecular complexity index is 635. The summed E-state index contributed by atoms with van der Waals surface area (Å²) >= 11 is 0. The van der Waals surface area contributed by atoms with E-state index in [1.807, 2.05) is 56.3 Å². The summed E-state index contributed by atoms with van der Waals surface area (Å²) in [6.45, 7) is 4.41. The van der Waals surface area contributed by atoms with E-state index in [0.29, 0.717) is 6.54 Å². The van der Waals surface area contributed by atoms with Crippen LogP contribution in [0.25, 0.3) is 0 Å². The first-order chi connectivity index (χ1) is 9.56. The molecule has 0 heterocycles. The Balaban J connectivity index is 2.40. The van der Waals surface area contributed by atoms with Crippen molar-refractivity contribution in [3.05, 3.63) is 64.7 Å². The molecule has 2 aromatic carbocycles. The second-order valence-corrected chi connectivity index (χ2v) is 4.94. The summed E-state index contributed by atoms with van der Waals surface area (Å²) in [5.41, 5.74) is 10.5. The first-order valence-corrected chi connectivity index (χ1v) is 6.68. The number of para-hydroxylation sites is 1. The van der Waals surface area contributed by atoms with Crippen LogP contribution < -0.4 is 10.6 Å². The molecule has 0 saturated carbocycles. The maximum absolute atomic E-state index is 12.7. The predicted molar refractivity (Wildman–Crippen MR) is 83.0 cm³/mol. The molecule has 0 atom stereocenters. The first-order valence-electron chi connectivity index (χ1n) is 6.68. The quantitative estimate of drug-likeness (QED) is 0.930. The van der Waals surface area contributed by atoms with Gasteiger partial charge in [0.2, 0.25) is 0 Å². The summed E-state index contributed by atoms with van der Waals surface area (Å²) < 4.78 is 0. The first kappa shape index (κ1) is 14.3. The SMILES string of the molecule is Cc1cccc(C(=O)N(C)c2ccccc2CN)c1C. The molecular formula is C17H20N2O. The number of amides is 1. The van der Waals surface area contributed by atoms with Crippen LogP contribution in [0.5, 0.6) is 0 Å². The molecule has 0 saturated heterocycles. The Labute approximate surface area is 120 Å². The number of carbonyl (C=O) groups excluding carboxylic acids is 1. The maximum atomic E-state index is 12.7. The summed E-state index contributed by atoms with van der Waals surface area (Å²) in [6, 6.07) is 13.5. The highest BCUT2D eigenvalue weighted by Gasteiger charge is 2.17. The minimum atomic E-state index is -0.00731. The summed E-state index contributed by atoms with van der Waals surface area (Å²) in [5.74, 6) is -0.00731. The third kappa shape index (κ3) is 2.58. The van der Waals surface area contributed by atoms with E-state index in [0.717, 1.165) is 27.9 Å². The number of carbonyl (C=O) groups is 1. The van der Waals surface area contributed by atoms with E-state index in [1.54, 1.807) is 11.9 Å². The number of benzene rings is 2. The van der Waals surface area contributed by atoms with Gasteiger partial charge in [0.1, 0.15) is 0 Å². The van der Waals surface area contributed by atoms with E-state index in [9.17, 15) is 4.79 Å². The van der Waals surface area contributed by atoms with Gasteiger partial charge < -0.3 is 10.6 Å². The van der Waals surface area contributed by atoms with Gasteiger partial charge in [0, 0.05) is 24.8 Å². The lowest BCUT2D eigenvalue weighted by molar-refractivity contribution is 0.0992. The van der Waals surface area contributed by atoms with Crippen molar-refractivity contribution >= 4 is 11.6 Å². The molecule has 0 aliphatic carbocycles. The third-order valence-corrected chi connectivity index (χ3v) is 3.71. The summed E-state index contributed by atoms with van der Waals surface area (Å²) in [5, 5.41) is 0. The van der Waals surface area contributed by atoms with Crippen molar-refractivity contribution in [2.45, 2.75) is 20.4 Å². The molecule has 1 amide bonds. The summed E-state index contributed by atoms with van der Waals surface area (Å²) in [7, 11) is 1.79. The van der Waals surface area contributed by atoms with Crippen molar-refractivity contribution in [2.75, 3.05) is 11.9 Å². The zero-order valence-electron chi connectivity index (χ0n) is 12.2. The minimum absolute atomic E-state index is 0.00731. The van der Waals surface area contributed by atoms with Gasteiger partial charge in [0.05, 0.1) is 0 Å². The summed E-state index contributed by atoms with van der Waals surface area (Å²) in [4.78, 5) is 14.3. The zero-order valence-corrected chi connectivity index (χ0v) is 12.2. The normalized spacial score (nSPS) is 10.4. The fraction of sp³-hybridized carbons (Fsp3) is 0.235. The second-order valence-electron chi connectivity index (χ2n) is 4.94. The van der Waals surface area contributed by atoms with E-state index in [4.69, 9.17) is 5.73 Å². The van der Waals surface area contributed by atoms with Crippen molar-refractivity contribution in [1.82, 2.24) is 0 Å². The van der Waals surface area contributed by atoms with Crippen molar-refractivity contribution in [3.8, 4) is 0 Å². The van der Waals surface area contributed by atoms with Gasteiger partial charge in [-0.2, -0.15) is 0 Å². The van der Waals surface area contributed by atoms with Crippen LogP contribution in [-0.2, 0) is 6.54 Å². The Kier molecular flexibility index (Phi) is 4.20. The lowest BCUT2D eigenvalue weighted by Crippen LogP contribution is -2.28. The topological polar surface area (TPSA) is 46.3 Å². The van der Waals surface area contributed by atoms with Gasteiger partial charge in [-0.1, -0.05) is 30.3 Å². The average Bonchev–Trinajstić information content (AvgIpc) is 2.48. The Morgan fingerprint density at radius 2 is 1.80 bits per heavy atom. The molecule has 3 heteroatoms. The van der Waals surface area contributed by atoms with Gasteiger partial charge >= 0.3 is 0 Å². The smallest absolute Gasteiger partial charge is 0.258 e. The molecule has 104 valence electrons. The number of rotatable bonds is 3. The van der Waals surface area contributed by atoms with Crippen molar-refractivity contribution < 1.29 is 4.79 Å². The van der Waals surface area contributed by atoms with Gasteiger partial charge in [-0.05, 0) is 42.7 Å². The van der Waals surface area contributed by atoms with Crippen molar-refractivity contribution in [2.24, 2.45) is 5.73 Å². The Morgan fingerprint density at radius 1 is 1.10 bits per heavy atom. The highest BCUT2D eigenvalue weighted by molar-refractivity contribution is 6.07. The van der Waals surface area contributed by atoms with Crippen LogP contribution in [0.4, 0.5) is 5.69 Å². The van der Waals surface area contributed by atoms with E-state index in [-0.39, 0.29) is 5.91 Å². The summed E-state index contributed by atoms with van der Waals surface area (Å²) in [6.07, 6.45) is 0. The van der Waals surface area contributed by atoms with Crippen LogP contribution in [0.2, 0.25) is 0 Å². The van der Waals surface area contributed by atoms with Crippen molar-refractivity contribution in [3.63, 3.8) is 0 Å². The molecule has 0 aromatic heterocycles. The van der Waals surface area contributed by atoms with Crippen LogP contribution in [0.1, 0.15) is 27.0 Å². The molecule has 2 aromatic rings. The van der Waals surface area contributed by atoms with Gasteiger partial charge in [-0.25, -0.2) is 0 Å². The highest BCUT2D eigenvalue weighted by atomic mass is 16.2. The third-order valence-electron chi connectivity index (χ3n) is 3.71. The molecule has 0 spiro atoms. The lowest BCUT2D eigenvalue weighted by atomic mass is 10.0. The number of anilines is 1. The second kappa shape index (κ2) is 5.88. The van der Waals surface area contributed by atoms with Crippen LogP contribution in [0.15, 0.2) is 42.5 Å². The van der Waals surface area contributed by atoms with Crippen LogP contribution in [0.3, 0.4) is 0 Å². The highest BCUT2D eigenvalue weighted by Crippen LogP contribution is 2.22. The average molecular weight is 268 g/mol. The monoisotopic (exact) mass is 268 g/mol. The van der Waals surface area contributed by atoms with Crippen LogP contribution >= 0.6 is 0 Å². The number of nitrogens with two attached hydrogens (primary N) is 1.